The molecule has 0 amide bonds. The summed E-state index contributed by atoms with van der Waals surface area (Å²) in [4.78, 5) is 2.64. The predicted molar refractivity (Wildman–Crippen MR) is 75.5 cm³/mol. The van der Waals surface area contributed by atoms with Gasteiger partial charge < -0.3 is 10.5 Å². The van der Waals surface area contributed by atoms with Gasteiger partial charge in [0.1, 0.15) is 0 Å². The van der Waals surface area contributed by atoms with Crippen molar-refractivity contribution in [3.8, 4) is 0 Å². The van der Waals surface area contributed by atoms with E-state index in [1.807, 2.05) is 0 Å². The van der Waals surface area contributed by atoms with Gasteiger partial charge in [-0.3, -0.25) is 4.90 Å². The van der Waals surface area contributed by atoms with Gasteiger partial charge in [0.25, 0.3) is 0 Å². The lowest BCUT2D eigenvalue weighted by molar-refractivity contribution is 0.0704. The Morgan fingerprint density at radius 1 is 1.33 bits per heavy atom. The first kappa shape index (κ1) is 14.3. The Morgan fingerprint density at radius 3 is 2.44 bits per heavy atom. The molecular weight excluding hydrogens is 224 g/mol. The summed E-state index contributed by atoms with van der Waals surface area (Å²) in [5.74, 6) is 0.901. The Balaban J connectivity index is 2.03. The van der Waals surface area contributed by atoms with Gasteiger partial charge in [0.2, 0.25) is 0 Å². The molecule has 0 aromatic rings. The molecule has 18 heavy (non-hydrogen) atoms. The molecule has 2 aliphatic carbocycles. The van der Waals surface area contributed by atoms with Gasteiger partial charge in [-0.2, -0.15) is 0 Å². The third kappa shape index (κ3) is 2.89. The van der Waals surface area contributed by atoms with Gasteiger partial charge >= 0.3 is 0 Å². The molecule has 2 rings (SSSR count). The highest BCUT2D eigenvalue weighted by Gasteiger charge is 2.45. The zero-order valence-electron chi connectivity index (χ0n) is 12.5. The van der Waals surface area contributed by atoms with Crippen LogP contribution >= 0.6 is 0 Å². The largest absolute Gasteiger partial charge is 0.383 e. The Labute approximate surface area is 112 Å². The smallest absolute Gasteiger partial charge is 0.0589 e. The molecule has 0 spiro atoms. The van der Waals surface area contributed by atoms with Crippen molar-refractivity contribution in [2.45, 2.75) is 64.6 Å². The van der Waals surface area contributed by atoms with Gasteiger partial charge in [-0.15, -0.1) is 0 Å². The van der Waals surface area contributed by atoms with E-state index in [9.17, 15) is 0 Å². The fourth-order valence-corrected chi connectivity index (χ4v) is 3.48. The minimum absolute atomic E-state index is 0.291. The SMILES string of the molecule is COCCN(C(C)C1CC1)C1CCC(C)(C)C1N. The van der Waals surface area contributed by atoms with Crippen LogP contribution in [0.25, 0.3) is 0 Å². The molecule has 0 aromatic carbocycles. The van der Waals surface area contributed by atoms with E-state index < -0.39 is 0 Å². The molecule has 3 unspecified atom stereocenters. The summed E-state index contributed by atoms with van der Waals surface area (Å²) in [6.07, 6.45) is 5.29. The number of nitrogens with two attached hydrogens (primary N) is 1. The highest BCUT2D eigenvalue weighted by Crippen LogP contribution is 2.42. The van der Waals surface area contributed by atoms with Gasteiger partial charge in [-0.25, -0.2) is 0 Å². The third-order valence-corrected chi connectivity index (χ3v) is 5.21. The van der Waals surface area contributed by atoms with Gasteiger partial charge in [0, 0.05) is 31.8 Å². The second-order valence-corrected chi connectivity index (χ2v) is 6.93. The Morgan fingerprint density at radius 2 is 2.00 bits per heavy atom. The summed E-state index contributed by atoms with van der Waals surface area (Å²) in [5, 5.41) is 0. The van der Waals surface area contributed by atoms with Crippen LogP contribution in [-0.2, 0) is 4.74 Å². The van der Waals surface area contributed by atoms with Crippen LogP contribution in [-0.4, -0.2) is 43.3 Å². The van der Waals surface area contributed by atoms with Crippen molar-refractivity contribution in [3.05, 3.63) is 0 Å². The summed E-state index contributed by atoms with van der Waals surface area (Å²) in [7, 11) is 1.79. The summed E-state index contributed by atoms with van der Waals surface area (Å²) < 4.78 is 5.29. The number of methoxy groups -OCH3 is 1. The van der Waals surface area contributed by atoms with E-state index in [1.54, 1.807) is 7.11 Å². The van der Waals surface area contributed by atoms with E-state index in [-0.39, 0.29) is 0 Å². The molecule has 2 N–H and O–H groups in total. The molecule has 0 aromatic heterocycles. The van der Waals surface area contributed by atoms with Crippen molar-refractivity contribution in [2.75, 3.05) is 20.3 Å². The minimum atomic E-state index is 0.291. The lowest BCUT2D eigenvalue weighted by Crippen LogP contribution is -2.53. The lowest BCUT2D eigenvalue weighted by atomic mass is 9.87. The van der Waals surface area contributed by atoms with Crippen molar-refractivity contribution in [1.82, 2.24) is 4.90 Å². The van der Waals surface area contributed by atoms with E-state index in [1.165, 1.54) is 25.7 Å². The standard InChI is InChI=1S/C15H30N2O/c1-11(12-5-6-12)17(9-10-18-4)13-7-8-15(2,3)14(13)16/h11-14H,5-10,16H2,1-4H3. The third-order valence-electron chi connectivity index (χ3n) is 5.21. The number of ether oxygens (including phenoxy) is 1. The molecule has 2 saturated carbocycles. The van der Waals surface area contributed by atoms with Gasteiger partial charge in [0.05, 0.1) is 6.61 Å². The van der Waals surface area contributed by atoms with Gasteiger partial charge in [-0.1, -0.05) is 13.8 Å². The molecule has 0 saturated heterocycles. The monoisotopic (exact) mass is 254 g/mol. The maximum absolute atomic E-state index is 6.51. The Kier molecular flexibility index (Phi) is 4.35. The van der Waals surface area contributed by atoms with Crippen LogP contribution in [0.15, 0.2) is 0 Å². The number of hydrogen-bond acceptors (Lipinski definition) is 3. The molecule has 106 valence electrons. The fraction of sp³-hybridized carbons (Fsp3) is 1.00. The zero-order valence-corrected chi connectivity index (χ0v) is 12.5. The van der Waals surface area contributed by atoms with Crippen molar-refractivity contribution >= 4 is 0 Å². The van der Waals surface area contributed by atoms with E-state index in [4.69, 9.17) is 10.5 Å². The summed E-state index contributed by atoms with van der Waals surface area (Å²) in [6.45, 7) is 8.86. The maximum atomic E-state index is 6.51. The second-order valence-electron chi connectivity index (χ2n) is 6.93. The summed E-state index contributed by atoms with van der Waals surface area (Å²) in [6, 6.07) is 1.52. The van der Waals surface area contributed by atoms with Crippen molar-refractivity contribution in [2.24, 2.45) is 17.1 Å². The van der Waals surface area contributed by atoms with Crippen LogP contribution in [0.1, 0.15) is 46.5 Å². The Hall–Kier alpha value is -0.120. The van der Waals surface area contributed by atoms with Crippen LogP contribution in [0.3, 0.4) is 0 Å². The highest BCUT2D eigenvalue weighted by molar-refractivity contribution is 5.01. The Bertz CT molecular complexity index is 276. The first-order valence-corrected chi connectivity index (χ1v) is 7.47. The molecule has 2 fully saturated rings. The van der Waals surface area contributed by atoms with E-state index in [0.717, 1.165) is 19.1 Å². The number of hydrogen-bond donors (Lipinski definition) is 1. The number of rotatable bonds is 6. The van der Waals surface area contributed by atoms with Gasteiger partial charge in [-0.05, 0) is 43.9 Å². The van der Waals surface area contributed by atoms with Crippen molar-refractivity contribution < 1.29 is 4.74 Å². The number of nitrogens with zero attached hydrogens (tertiary/aromatic N) is 1. The zero-order chi connectivity index (χ0) is 13.3. The molecule has 0 radical (unpaired) electrons. The molecule has 3 heteroatoms. The molecule has 3 nitrogen and oxygen atoms in total. The molecule has 2 aliphatic rings. The van der Waals surface area contributed by atoms with Crippen LogP contribution in [0.5, 0.6) is 0 Å². The predicted octanol–water partition coefficient (Wildman–Crippen LogP) is 2.25. The second kappa shape index (κ2) is 5.48. The first-order chi connectivity index (χ1) is 8.47. The summed E-state index contributed by atoms with van der Waals surface area (Å²) in [5.41, 5.74) is 6.80. The van der Waals surface area contributed by atoms with Crippen LogP contribution < -0.4 is 5.73 Å². The quantitative estimate of drug-likeness (QED) is 0.790. The van der Waals surface area contributed by atoms with Crippen molar-refractivity contribution in [3.63, 3.8) is 0 Å². The molecular formula is C15H30N2O. The first-order valence-electron chi connectivity index (χ1n) is 7.47. The average Bonchev–Trinajstić information content (AvgIpc) is 3.12. The van der Waals surface area contributed by atoms with Crippen LogP contribution in [0.4, 0.5) is 0 Å². The average molecular weight is 254 g/mol. The molecule has 0 aliphatic heterocycles. The van der Waals surface area contributed by atoms with Crippen LogP contribution in [0.2, 0.25) is 0 Å². The molecule has 0 bridgehead atoms. The lowest BCUT2D eigenvalue weighted by Gasteiger charge is -2.39. The molecule has 0 heterocycles. The summed E-state index contributed by atoms with van der Waals surface area (Å²) >= 11 is 0. The van der Waals surface area contributed by atoms with Crippen LogP contribution in [0, 0.1) is 11.3 Å². The normalized spacial score (nSPS) is 33.0. The van der Waals surface area contributed by atoms with E-state index in [0.29, 0.717) is 23.5 Å². The van der Waals surface area contributed by atoms with Gasteiger partial charge in [0.15, 0.2) is 0 Å². The highest BCUT2D eigenvalue weighted by atomic mass is 16.5. The topological polar surface area (TPSA) is 38.5 Å². The fourth-order valence-electron chi connectivity index (χ4n) is 3.48. The van der Waals surface area contributed by atoms with Crippen molar-refractivity contribution in [1.29, 1.82) is 0 Å². The van der Waals surface area contributed by atoms with E-state index >= 15 is 0 Å². The van der Waals surface area contributed by atoms with E-state index in [2.05, 4.69) is 25.7 Å². The molecule has 3 atom stereocenters. The minimum Gasteiger partial charge on any atom is -0.383 e. The maximum Gasteiger partial charge on any atom is 0.0589 e.